The van der Waals surface area contributed by atoms with Crippen molar-refractivity contribution in [2.75, 3.05) is 43.5 Å². The van der Waals surface area contributed by atoms with E-state index in [1.165, 1.54) is 16.9 Å². The van der Waals surface area contributed by atoms with Crippen molar-refractivity contribution in [1.29, 1.82) is 0 Å². The van der Waals surface area contributed by atoms with Crippen molar-refractivity contribution in [2.45, 2.75) is 25.9 Å². The number of amides is 1. The SMILES string of the molecule is CNc1nc(C(=O)N2CCN(CC=C(C)C)[C@@H]3CS(=O)(=O)C[C@@H]32)cs1. The number of nitrogens with zero attached hydrogens (tertiary/aromatic N) is 3. The molecule has 0 spiro atoms. The van der Waals surface area contributed by atoms with E-state index >= 15 is 0 Å². The van der Waals surface area contributed by atoms with E-state index in [2.05, 4.69) is 21.3 Å². The molecule has 1 N–H and O–H groups in total. The van der Waals surface area contributed by atoms with Crippen LogP contribution in [0.2, 0.25) is 0 Å². The van der Waals surface area contributed by atoms with E-state index in [1.807, 2.05) is 13.8 Å². The van der Waals surface area contributed by atoms with Crippen molar-refractivity contribution in [3.05, 3.63) is 22.7 Å². The highest BCUT2D eigenvalue weighted by Crippen LogP contribution is 2.29. The molecule has 2 fully saturated rings. The summed E-state index contributed by atoms with van der Waals surface area (Å²) in [6.07, 6.45) is 2.11. The lowest BCUT2D eigenvalue weighted by molar-refractivity contribution is 0.0364. The first kappa shape index (κ1) is 18.3. The van der Waals surface area contributed by atoms with Gasteiger partial charge in [-0.1, -0.05) is 11.6 Å². The molecule has 1 amide bonds. The summed E-state index contributed by atoms with van der Waals surface area (Å²) in [6.45, 7) is 5.99. The number of anilines is 1. The molecule has 0 unspecified atom stereocenters. The molecule has 3 heterocycles. The van der Waals surface area contributed by atoms with Gasteiger partial charge in [0.25, 0.3) is 5.91 Å². The molecule has 2 aliphatic heterocycles. The van der Waals surface area contributed by atoms with Gasteiger partial charge < -0.3 is 10.2 Å². The number of allylic oxidation sites excluding steroid dienone is 1. The van der Waals surface area contributed by atoms with Crippen LogP contribution in [0.1, 0.15) is 24.3 Å². The van der Waals surface area contributed by atoms with E-state index < -0.39 is 9.84 Å². The van der Waals surface area contributed by atoms with Crippen molar-refractivity contribution in [1.82, 2.24) is 14.8 Å². The Bertz CT molecular complexity index is 783. The maximum atomic E-state index is 12.9. The number of thiazole rings is 1. The highest BCUT2D eigenvalue weighted by Gasteiger charge is 2.48. The first-order valence-electron chi connectivity index (χ1n) is 8.33. The van der Waals surface area contributed by atoms with E-state index in [9.17, 15) is 13.2 Å². The molecule has 25 heavy (non-hydrogen) atoms. The van der Waals surface area contributed by atoms with Gasteiger partial charge in [-0.05, 0) is 13.8 Å². The number of carbonyl (C=O) groups excluding carboxylic acids is 1. The van der Waals surface area contributed by atoms with E-state index in [4.69, 9.17) is 0 Å². The van der Waals surface area contributed by atoms with Crippen LogP contribution in [0.3, 0.4) is 0 Å². The summed E-state index contributed by atoms with van der Waals surface area (Å²) in [4.78, 5) is 21.0. The zero-order chi connectivity index (χ0) is 18.2. The first-order chi connectivity index (χ1) is 11.8. The summed E-state index contributed by atoms with van der Waals surface area (Å²) < 4.78 is 24.5. The Kier molecular flexibility index (Phi) is 5.17. The highest BCUT2D eigenvalue weighted by atomic mass is 32.2. The van der Waals surface area contributed by atoms with Gasteiger partial charge in [0, 0.05) is 38.1 Å². The minimum Gasteiger partial charge on any atom is -0.365 e. The summed E-state index contributed by atoms with van der Waals surface area (Å²) in [5, 5.41) is 5.33. The van der Waals surface area contributed by atoms with Gasteiger partial charge in [0.05, 0.1) is 17.5 Å². The average molecular weight is 385 g/mol. The van der Waals surface area contributed by atoms with E-state index in [-0.39, 0.29) is 29.5 Å². The normalized spacial score (nSPS) is 25.5. The van der Waals surface area contributed by atoms with Gasteiger partial charge >= 0.3 is 0 Å². The minimum atomic E-state index is -3.13. The van der Waals surface area contributed by atoms with Gasteiger partial charge in [-0.25, -0.2) is 13.4 Å². The molecule has 2 saturated heterocycles. The molecule has 1 aromatic rings. The lowest BCUT2D eigenvalue weighted by Crippen LogP contribution is -2.60. The predicted molar refractivity (Wildman–Crippen MR) is 99.9 cm³/mol. The number of hydrogen-bond donors (Lipinski definition) is 1. The van der Waals surface area contributed by atoms with Gasteiger partial charge in [0.2, 0.25) is 0 Å². The van der Waals surface area contributed by atoms with Crippen molar-refractivity contribution >= 4 is 32.2 Å². The molecule has 0 radical (unpaired) electrons. The Balaban J connectivity index is 1.83. The molecule has 0 saturated carbocycles. The maximum absolute atomic E-state index is 12.9. The molecule has 138 valence electrons. The van der Waals surface area contributed by atoms with Crippen LogP contribution in [-0.4, -0.2) is 79.4 Å². The number of nitrogens with one attached hydrogen (secondary N) is 1. The Labute approximate surface area is 152 Å². The minimum absolute atomic E-state index is 0.0394. The van der Waals surface area contributed by atoms with Crippen LogP contribution in [0.25, 0.3) is 0 Å². The van der Waals surface area contributed by atoms with Gasteiger partial charge in [-0.15, -0.1) is 11.3 Å². The number of carbonyl (C=O) groups is 1. The smallest absolute Gasteiger partial charge is 0.273 e. The average Bonchev–Trinajstić information content (AvgIpc) is 3.14. The second-order valence-corrected chi connectivity index (χ2v) is 9.79. The molecule has 9 heteroatoms. The molecule has 2 aliphatic rings. The lowest BCUT2D eigenvalue weighted by Gasteiger charge is -2.43. The molecular weight excluding hydrogens is 360 g/mol. The number of piperazine rings is 1. The number of aromatic nitrogens is 1. The van der Waals surface area contributed by atoms with Crippen LogP contribution in [0.5, 0.6) is 0 Å². The Morgan fingerprint density at radius 1 is 1.36 bits per heavy atom. The molecule has 2 atom stereocenters. The molecule has 1 aromatic heterocycles. The Morgan fingerprint density at radius 3 is 2.72 bits per heavy atom. The van der Waals surface area contributed by atoms with E-state index in [0.29, 0.717) is 23.9 Å². The molecule has 0 bridgehead atoms. The molecule has 3 rings (SSSR count). The topological polar surface area (TPSA) is 82.6 Å². The van der Waals surface area contributed by atoms with Gasteiger partial charge in [-0.3, -0.25) is 9.69 Å². The van der Waals surface area contributed by atoms with Crippen LogP contribution in [-0.2, 0) is 9.84 Å². The van der Waals surface area contributed by atoms with E-state index in [0.717, 1.165) is 6.54 Å². The number of sulfone groups is 1. The zero-order valence-corrected chi connectivity index (χ0v) is 16.4. The third-order valence-corrected chi connectivity index (χ3v) is 7.28. The number of hydrogen-bond acceptors (Lipinski definition) is 7. The summed E-state index contributed by atoms with van der Waals surface area (Å²) in [5.41, 5.74) is 1.59. The third kappa shape index (κ3) is 3.88. The number of rotatable bonds is 4. The Hall–Kier alpha value is -1.45. The van der Waals surface area contributed by atoms with Crippen molar-refractivity contribution in [3.63, 3.8) is 0 Å². The van der Waals surface area contributed by atoms with Crippen LogP contribution >= 0.6 is 11.3 Å². The molecule has 0 aromatic carbocycles. The van der Waals surface area contributed by atoms with Crippen molar-refractivity contribution < 1.29 is 13.2 Å². The fraction of sp³-hybridized carbons (Fsp3) is 0.625. The fourth-order valence-corrected chi connectivity index (χ4v) is 6.09. The quantitative estimate of drug-likeness (QED) is 0.782. The zero-order valence-electron chi connectivity index (χ0n) is 14.7. The summed E-state index contributed by atoms with van der Waals surface area (Å²) in [5.74, 6) is -0.0130. The lowest BCUT2D eigenvalue weighted by atomic mass is 10.0. The number of fused-ring (bicyclic) bond motifs is 1. The monoisotopic (exact) mass is 384 g/mol. The van der Waals surface area contributed by atoms with E-state index in [1.54, 1.807) is 17.3 Å². The summed E-state index contributed by atoms with van der Waals surface area (Å²) in [7, 11) is -1.38. The van der Waals surface area contributed by atoms with Gasteiger partial charge in [0.1, 0.15) is 5.69 Å². The molecule has 0 aliphatic carbocycles. The predicted octanol–water partition coefficient (Wildman–Crippen LogP) is 1.07. The maximum Gasteiger partial charge on any atom is 0.273 e. The standard InChI is InChI=1S/C16H24N4O3S2/c1-11(2)4-5-19-6-7-20(14-10-25(22,23)9-13(14)19)15(21)12-8-24-16(17-3)18-12/h4,8,13-14H,5-7,9-10H2,1-3H3,(H,17,18)/t13-,14+/m1/s1. The van der Waals surface area contributed by atoms with Gasteiger partial charge in [0.15, 0.2) is 15.0 Å². The largest absolute Gasteiger partial charge is 0.365 e. The van der Waals surface area contributed by atoms with Crippen LogP contribution < -0.4 is 5.32 Å². The van der Waals surface area contributed by atoms with Crippen molar-refractivity contribution in [2.24, 2.45) is 0 Å². The summed E-state index contributed by atoms with van der Waals surface area (Å²) >= 11 is 1.37. The second kappa shape index (κ2) is 7.05. The van der Waals surface area contributed by atoms with Gasteiger partial charge in [-0.2, -0.15) is 0 Å². The van der Waals surface area contributed by atoms with Crippen molar-refractivity contribution in [3.8, 4) is 0 Å². The first-order valence-corrected chi connectivity index (χ1v) is 11.0. The second-order valence-electron chi connectivity index (χ2n) is 6.77. The van der Waals surface area contributed by atoms with Crippen LogP contribution in [0.15, 0.2) is 17.0 Å². The fourth-order valence-electron chi connectivity index (χ4n) is 3.44. The molecule has 7 nitrogen and oxygen atoms in total. The molecular formula is C16H24N4O3S2. The Morgan fingerprint density at radius 2 is 2.08 bits per heavy atom. The summed E-state index contributed by atoms with van der Waals surface area (Å²) in [6, 6.07) is -0.433. The third-order valence-electron chi connectivity index (χ3n) is 4.72. The van der Waals surface area contributed by atoms with Crippen LogP contribution in [0, 0.1) is 0 Å². The highest BCUT2D eigenvalue weighted by molar-refractivity contribution is 7.91. The van der Waals surface area contributed by atoms with Crippen LogP contribution in [0.4, 0.5) is 5.13 Å².